The highest BCUT2D eigenvalue weighted by Gasteiger charge is 2.72. The number of piperazine rings is 1. The molecule has 0 amide bonds. The second-order valence-electron chi connectivity index (χ2n) is 8.61. The Balaban J connectivity index is 1.59. The van der Waals surface area contributed by atoms with Gasteiger partial charge in [0.1, 0.15) is 6.61 Å². The number of rotatable bonds is 4. The zero-order valence-electron chi connectivity index (χ0n) is 17.1. The minimum Gasteiger partial charge on any atom is -0.465 e. The molecule has 8 heteroatoms. The second kappa shape index (κ2) is 6.40. The normalized spacial score (nSPS) is 35.8. The summed E-state index contributed by atoms with van der Waals surface area (Å²) < 4.78 is 11.4. The number of piperidine rings is 1. The smallest absolute Gasteiger partial charge is 0.302 e. The Morgan fingerprint density at radius 1 is 1.17 bits per heavy atom. The van der Waals surface area contributed by atoms with Crippen molar-refractivity contribution in [2.75, 3.05) is 33.4 Å². The van der Waals surface area contributed by atoms with Crippen molar-refractivity contribution >= 4 is 17.5 Å². The molecular weight excluding hydrogens is 374 g/mol. The summed E-state index contributed by atoms with van der Waals surface area (Å²) in [6.45, 7) is 5.32. The van der Waals surface area contributed by atoms with E-state index >= 15 is 0 Å². The number of fused-ring (bicyclic) bond motifs is 4. The van der Waals surface area contributed by atoms with Crippen LogP contribution in [0.15, 0.2) is 22.5 Å². The van der Waals surface area contributed by atoms with Gasteiger partial charge in [0.15, 0.2) is 5.72 Å². The van der Waals surface area contributed by atoms with Gasteiger partial charge in [-0.15, -0.1) is 0 Å². The number of carbonyl (C=O) groups excluding carboxylic acids is 3. The van der Waals surface area contributed by atoms with Crippen LogP contribution in [-0.2, 0) is 23.9 Å². The number of carbonyl (C=O) groups is 3. The number of ketones is 2. The van der Waals surface area contributed by atoms with Gasteiger partial charge in [-0.05, 0) is 26.2 Å². The first-order valence-electron chi connectivity index (χ1n) is 10.4. The minimum atomic E-state index is -0.867. The van der Waals surface area contributed by atoms with Gasteiger partial charge in [0.25, 0.3) is 0 Å². The molecule has 3 saturated heterocycles. The number of nitrogens with zero attached hydrogens (tertiary/aromatic N) is 2. The van der Waals surface area contributed by atoms with E-state index in [0.717, 1.165) is 32.4 Å². The Labute approximate surface area is 169 Å². The maximum absolute atomic E-state index is 13.8. The summed E-state index contributed by atoms with van der Waals surface area (Å²) in [6, 6.07) is 0.234. The lowest BCUT2D eigenvalue weighted by Gasteiger charge is -2.39. The average Bonchev–Trinajstić information content (AvgIpc) is 3.32. The molecule has 4 atom stereocenters. The molecule has 1 N–H and O–H groups in total. The van der Waals surface area contributed by atoms with Crippen LogP contribution in [-0.4, -0.2) is 78.5 Å². The standard InChI is InChI=1S/C21H27N3O5/c1-11-16(23-7-5-4-6-8-23)19(27)15-13(10-29-12(2)25)21(28-3)20-14(22-20)9-24(21)17(15)18(11)26/h13-14,20,22H,4-10H2,1-3H3. The number of likely N-dealkylation sites (tertiary alicyclic amines) is 1. The zero-order chi connectivity index (χ0) is 20.5. The van der Waals surface area contributed by atoms with Gasteiger partial charge in [0, 0.05) is 50.9 Å². The lowest BCUT2D eigenvalue weighted by atomic mass is 9.82. The van der Waals surface area contributed by atoms with Crippen LogP contribution in [0.25, 0.3) is 0 Å². The van der Waals surface area contributed by atoms with Crippen LogP contribution >= 0.6 is 0 Å². The van der Waals surface area contributed by atoms with Crippen LogP contribution in [0.1, 0.15) is 33.1 Å². The van der Waals surface area contributed by atoms with E-state index in [1.54, 1.807) is 14.0 Å². The van der Waals surface area contributed by atoms with Crippen LogP contribution in [0.4, 0.5) is 0 Å². The van der Waals surface area contributed by atoms with Gasteiger partial charge in [-0.1, -0.05) is 0 Å². The number of esters is 1. The number of hydrogen-bond donors (Lipinski definition) is 1. The molecule has 0 radical (unpaired) electrons. The second-order valence-corrected chi connectivity index (χ2v) is 8.61. The van der Waals surface area contributed by atoms with E-state index in [0.29, 0.717) is 29.1 Å². The van der Waals surface area contributed by atoms with Gasteiger partial charge < -0.3 is 24.6 Å². The first-order chi connectivity index (χ1) is 13.9. The molecule has 3 fully saturated rings. The molecule has 5 rings (SSSR count). The molecule has 156 valence electrons. The van der Waals surface area contributed by atoms with Crippen molar-refractivity contribution in [2.24, 2.45) is 5.92 Å². The van der Waals surface area contributed by atoms with Crippen molar-refractivity contribution in [1.29, 1.82) is 0 Å². The van der Waals surface area contributed by atoms with E-state index in [2.05, 4.69) is 10.2 Å². The summed E-state index contributed by atoms with van der Waals surface area (Å²) >= 11 is 0. The quantitative estimate of drug-likeness (QED) is 0.409. The summed E-state index contributed by atoms with van der Waals surface area (Å²) in [5, 5.41) is 3.39. The summed E-state index contributed by atoms with van der Waals surface area (Å²) in [7, 11) is 1.61. The third kappa shape index (κ3) is 2.42. The molecule has 4 aliphatic heterocycles. The van der Waals surface area contributed by atoms with E-state index < -0.39 is 17.6 Å². The van der Waals surface area contributed by atoms with Gasteiger partial charge in [-0.2, -0.15) is 0 Å². The molecule has 4 heterocycles. The predicted octanol–water partition coefficient (Wildman–Crippen LogP) is 0.344. The summed E-state index contributed by atoms with van der Waals surface area (Å²) in [5.41, 5.74) is 1.07. The van der Waals surface area contributed by atoms with E-state index in [1.807, 2.05) is 4.90 Å². The van der Waals surface area contributed by atoms with Gasteiger partial charge >= 0.3 is 5.97 Å². The van der Waals surface area contributed by atoms with Gasteiger partial charge in [-0.3, -0.25) is 14.4 Å². The Morgan fingerprint density at radius 2 is 1.90 bits per heavy atom. The Kier molecular flexibility index (Phi) is 4.15. The SMILES string of the molecule is COC12C(COC(C)=O)C3=C(C(=O)C(C)=C(N4CCCCC4)C3=O)N1CC1NC12. The molecule has 1 aliphatic carbocycles. The van der Waals surface area contributed by atoms with Crippen molar-refractivity contribution in [3.63, 3.8) is 0 Å². The fourth-order valence-corrected chi connectivity index (χ4v) is 5.81. The maximum Gasteiger partial charge on any atom is 0.302 e. The minimum absolute atomic E-state index is 0.0120. The number of allylic oxidation sites excluding steroid dienone is 2. The Bertz CT molecular complexity index is 872. The van der Waals surface area contributed by atoms with Crippen molar-refractivity contribution in [3.05, 3.63) is 22.5 Å². The van der Waals surface area contributed by atoms with Gasteiger partial charge in [-0.25, -0.2) is 0 Å². The molecule has 5 aliphatic rings. The van der Waals surface area contributed by atoms with Gasteiger partial charge in [0.05, 0.1) is 23.4 Å². The molecule has 0 aromatic heterocycles. The molecule has 0 bridgehead atoms. The zero-order valence-corrected chi connectivity index (χ0v) is 17.1. The summed E-state index contributed by atoms with van der Waals surface area (Å²) in [4.78, 5) is 42.9. The molecule has 0 aromatic rings. The fraction of sp³-hybridized carbons (Fsp3) is 0.667. The molecule has 0 saturated carbocycles. The van der Waals surface area contributed by atoms with Crippen molar-refractivity contribution in [1.82, 2.24) is 15.1 Å². The fourth-order valence-electron chi connectivity index (χ4n) is 5.81. The lowest BCUT2D eigenvalue weighted by Crippen LogP contribution is -2.55. The van der Waals surface area contributed by atoms with E-state index in [4.69, 9.17) is 9.47 Å². The van der Waals surface area contributed by atoms with Crippen LogP contribution in [0.3, 0.4) is 0 Å². The van der Waals surface area contributed by atoms with Gasteiger partial charge in [0.2, 0.25) is 11.6 Å². The summed E-state index contributed by atoms with van der Waals surface area (Å²) in [6.07, 6.45) is 3.18. The highest BCUT2D eigenvalue weighted by molar-refractivity contribution is 6.25. The number of Topliss-reactive ketones (excluding diaryl/α,β-unsaturated/α-hetero) is 2. The largest absolute Gasteiger partial charge is 0.465 e. The van der Waals surface area contributed by atoms with E-state index in [1.165, 1.54) is 6.92 Å². The van der Waals surface area contributed by atoms with Crippen LogP contribution in [0.5, 0.6) is 0 Å². The lowest BCUT2D eigenvalue weighted by molar-refractivity contribution is -0.156. The van der Waals surface area contributed by atoms with E-state index in [9.17, 15) is 14.4 Å². The van der Waals surface area contributed by atoms with Crippen LogP contribution in [0, 0.1) is 5.92 Å². The molecule has 0 aromatic carbocycles. The number of nitrogens with one attached hydrogen (secondary N) is 1. The first kappa shape index (κ1) is 18.8. The monoisotopic (exact) mass is 401 g/mol. The molecule has 4 unspecified atom stereocenters. The highest BCUT2D eigenvalue weighted by Crippen LogP contribution is 2.56. The molecule has 8 nitrogen and oxygen atoms in total. The highest BCUT2D eigenvalue weighted by atomic mass is 16.5. The molecule has 0 spiro atoms. The molecular formula is C21H27N3O5. The maximum atomic E-state index is 13.8. The third-order valence-corrected chi connectivity index (χ3v) is 7.13. The first-order valence-corrected chi connectivity index (χ1v) is 10.4. The summed E-state index contributed by atoms with van der Waals surface area (Å²) in [5.74, 6) is -1.12. The predicted molar refractivity (Wildman–Crippen MR) is 102 cm³/mol. The third-order valence-electron chi connectivity index (χ3n) is 7.13. The van der Waals surface area contributed by atoms with Crippen LogP contribution < -0.4 is 5.32 Å². The number of methoxy groups -OCH3 is 1. The van der Waals surface area contributed by atoms with Crippen molar-refractivity contribution in [2.45, 2.75) is 50.9 Å². The number of ether oxygens (including phenoxy) is 2. The van der Waals surface area contributed by atoms with Crippen LogP contribution in [0.2, 0.25) is 0 Å². The Hall–Kier alpha value is -2.19. The van der Waals surface area contributed by atoms with E-state index in [-0.39, 0.29) is 30.3 Å². The van der Waals surface area contributed by atoms with Crippen molar-refractivity contribution < 1.29 is 23.9 Å². The number of hydrogen-bond acceptors (Lipinski definition) is 8. The van der Waals surface area contributed by atoms with Crippen molar-refractivity contribution in [3.8, 4) is 0 Å². The average molecular weight is 401 g/mol. The molecule has 29 heavy (non-hydrogen) atoms. The Morgan fingerprint density at radius 3 is 2.55 bits per heavy atom. The topological polar surface area (TPSA) is 98.1 Å².